The van der Waals surface area contributed by atoms with Gasteiger partial charge in [-0.05, 0) is 36.8 Å². The van der Waals surface area contributed by atoms with E-state index in [4.69, 9.17) is 9.47 Å². The van der Waals surface area contributed by atoms with Gasteiger partial charge in [0.05, 0.1) is 24.5 Å². The molecule has 0 spiro atoms. The van der Waals surface area contributed by atoms with Gasteiger partial charge in [0.25, 0.3) is 0 Å². The number of amides is 2. The van der Waals surface area contributed by atoms with E-state index in [1.807, 2.05) is 0 Å². The maximum absolute atomic E-state index is 12.4. The monoisotopic (exact) mass is 382 g/mol. The second-order valence-electron chi connectivity index (χ2n) is 6.57. The minimum absolute atomic E-state index is 0.161. The number of benzene rings is 2. The summed E-state index contributed by atoms with van der Waals surface area (Å²) in [5.74, 6) is -0.548. The van der Waals surface area contributed by atoms with Gasteiger partial charge in [-0.15, -0.1) is 0 Å². The fourth-order valence-corrected chi connectivity index (χ4v) is 3.06. The van der Waals surface area contributed by atoms with Crippen molar-refractivity contribution in [2.45, 2.75) is 6.42 Å². The van der Waals surface area contributed by atoms with Crippen LogP contribution in [0.2, 0.25) is 0 Å². The van der Waals surface area contributed by atoms with E-state index in [0.29, 0.717) is 34.9 Å². The fourth-order valence-electron chi connectivity index (χ4n) is 3.06. The van der Waals surface area contributed by atoms with E-state index < -0.39 is 17.8 Å². The smallest absolute Gasteiger partial charge is 0.337 e. The van der Waals surface area contributed by atoms with Gasteiger partial charge in [0, 0.05) is 17.4 Å². The number of fused-ring (bicyclic) bond motifs is 1. The summed E-state index contributed by atoms with van der Waals surface area (Å²) in [5.41, 5.74) is 1.41. The van der Waals surface area contributed by atoms with Gasteiger partial charge in [-0.1, -0.05) is 6.07 Å². The molecule has 1 aliphatic carbocycles. The normalized spacial score (nSPS) is 18.9. The Hall–Kier alpha value is -3.55. The number of nitrogens with one attached hydrogen (secondary N) is 2. The van der Waals surface area contributed by atoms with E-state index in [2.05, 4.69) is 15.4 Å². The number of methoxy groups -OCH3 is 1. The van der Waals surface area contributed by atoms with Crippen molar-refractivity contribution < 1.29 is 28.6 Å². The summed E-state index contributed by atoms with van der Waals surface area (Å²) in [6, 6.07) is 11.6. The lowest BCUT2D eigenvalue weighted by molar-refractivity contribution is -0.122. The van der Waals surface area contributed by atoms with Crippen LogP contribution in [-0.2, 0) is 14.3 Å². The highest BCUT2D eigenvalue weighted by molar-refractivity contribution is 6.03. The largest absolute Gasteiger partial charge is 0.465 e. The molecular weight excluding hydrogens is 364 g/mol. The van der Waals surface area contributed by atoms with E-state index in [9.17, 15) is 14.4 Å². The van der Waals surface area contributed by atoms with Crippen molar-refractivity contribution in [3.63, 3.8) is 0 Å². The van der Waals surface area contributed by atoms with Crippen LogP contribution >= 0.6 is 0 Å². The highest BCUT2D eigenvalue weighted by Gasteiger charge is 2.48. The summed E-state index contributed by atoms with van der Waals surface area (Å²) in [5, 5.41) is 5.54. The molecule has 2 unspecified atom stereocenters. The molecule has 2 aliphatic rings. The first-order chi connectivity index (χ1) is 13.5. The van der Waals surface area contributed by atoms with Crippen LogP contribution in [0.3, 0.4) is 0 Å². The summed E-state index contributed by atoms with van der Waals surface area (Å²) in [6.45, 7) is 0.161. The lowest BCUT2D eigenvalue weighted by Crippen LogP contribution is -2.20. The zero-order chi connectivity index (χ0) is 19.7. The molecule has 2 aromatic carbocycles. The maximum atomic E-state index is 12.4. The van der Waals surface area contributed by atoms with Gasteiger partial charge in [0.2, 0.25) is 18.6 Å². The van der Waals surface area contributed by atoms with Crippen LogP contribution in [0, 0.1) is 11.8 Å². The van der Waals surface area contributed by atoms with Crippen LogP contribution in [0.15, 0.2) is 42.5 Å². The van der Waals surface area contributed by atoms with Gasteiger partial charge in [-0.2, -0.15) is 0 Å². The molecule has 2 aromatic rings. The van der Waals surface area contributed by atoms with Crippen molar-refractivity contribution in [1.29, 1.82) is 0 Å². The van der Waals surface area contributed by atoms with E-state index in [1.165, 1.54) is 13.2 Å². The predicted octanol–water partition coefficient (Wildman–Crippen LogP) is 2.42. The van der Waals surface area contributed by atoms with Crippen LogP contribution in [0.4, 0.5) is 11.4 Å². The van der Waals surface area contributed by atoms with E-state index in [0.717, 1.165) is 0 Å². The third-order valence-corrected chi connectivity index (χ3v) is 4.66. The number of anilines is 2. The topological polar surface area (TPSA) is 103 Å². The Labute approximate surface area is 160 Å². The SMILES string of the molecule is COC(=O)c1cccc(NC(=O)C2CC2C(=O)Nc2ccc3c(c2)OCO3)c1. The Kier molecular flexibility index (Phi) is 4.60. The second kappa shape index (κ2) is 7.22. The van der Waals surface area contributed by atoms with Crippen LogP contribution in [0.25, 0.3) is 0 Å². The lowest BCUT2D eigenvalue weighted by atomic mass is 10.2. The van der Waals surface area contributed by atoms with Crippen LogP contribution in [0.1, 0.15) is 16.8 Å². The summed E-state index contributed by atoms with van der Waals surface area (Å²) < 4.78 is 15.2. The number of carbonyl (C=O) groups excluding carboxylic acids is 3. The van der Waals surface area contributed by atoms with Crippen LogP contribution in [0.5, 0.6) is 11.5 Å². The molecule has 8 nitrogen and oxygen atoms in total. The molecule has 0 aromatic heterocycles. The standard InChI is InChI=1S/C20H18N2O6/c1-26-20(25)11-3-2-4-12(7-11)21-18(23)14-9-15(14)19(24)22-13-5-6-16-17(8-13)28-10-27-16/h2-8,14-15H,9-10H2,1H3,(H,21,23)(H,22,24). The first-order valence-electron chi connectivity index (χ1n) is 8.75. The van der Waals surface area contributed by atoms with Gasteiger partial charge in [-0.25, -0.2) is 4.79 Å². The molecule has 2 N–H and O–H groups in total. The molecular formula is C20H18N2O6. The second-order valence-corrected chi connectivity index (χ2v) is 6.57. The average Bonchev–Trinajstić information content (AvgIpc) is 3.38. The fraction of sp³-hybridized carbons (Fsp3) is 0.250. The van der Waals surface area contributed by atoms with Crippen molar-refractivity contribution in [3.05, 3.63) is 48.0 Å². The summed E-state index contributed by atoms with van der Waals surface area (Å²) in [4.78, 5) is 36.4. The number of hydrogen-bond acceptors (Lipinski definition) is 6. The molecule has 0 saturated heterocycles. The first kappa shape index (κ1) is 17.8. The zero-order valence-electron chi connectivity index (χ0n) is 15.1. The lowest BCUT2D eigenvalue weighted by Gasteiger charge is -2.08. The minimum Gasteiger partial charge on any atom is -0.465 e. The number of esters is 1. The highest BCUT2D eigenvalue weighted by Crippen LogP contribution is 2.41. The van der Waals surface area contributed by atoms with Crippen LogP contribution in [-0.4, -0.2) is 31.7 Å². The third-order valence-electron chi connectivity index (χ3n) is 4.66. The quantitative estimate of drug-likeness (QED) is 0.770. The van der Waals surface area contributed by atoms with Gasteiger partial charge in [0.1, 0.15) is 0 Å². The number of hydrogen-bond donors (Lipinski definition) is 2. The van der Waals surface area contributed by atoms with Crippen molar-refractivity contribution in [1.82, 2.24) is 0 Å². The number of ether oxygens (including phenoxy) is 3. The average molecular weight is 382 g/mol. The molecule has 8 heteroatoms. The molecule has 0 bridgehead atoms. The summed E-state index contributed by atoms with van der Waals surface area (Å²) in [7, 11) is 1.29. The van der Waals surface area contributed by atoms with Crippen molar-refractivity contribution >= 4 is 29.2 Å². The molecule has 0 radical (unpaired) electrons. The summed E-state index contributed by atoms with van der Waals surface area (Å²) >= 11 is 0. The first-order valence-corrected chi connectivity index (χ1v) is 8.75. The van der Waals surface area contributed by atoms with Gasteiger partial charge < -0.3 is 24.8 Å². The molecule has 144 valence electrons. The van der Waals surface area contributed by atoms with E-state index in [1.54, 1.807) is 36.4 Å². The third kappa shape index (κ3) is 3.62. The van der Waals surface area contributed by atoms with Crippen molar-refractivity contribution in [3.8, 4) is 11.5 Å². The zero-order valence-corrected chi connectivity index (χ0v) is 15.1. The Balaban J connectivity index is 1.34. The van der Waals surface area contributed by atoms with E-state index in [-0.39, 0.29) is 18.6 Å². The molecule has 1 saturated carbocycles. The van der Waals surface area contributed by atoms with Gasteiger partial charge in [-0.3, -0.25) is 9.59 Å². The predicted molar refractivity (Wildman–Crippen MR) is 99.2 cm³/mol. The Morgan fingerprint density at radius 2 is 1.61 bits per heavy atom. The van der Waals surface area contributed by atoms with Crippen LogP contribution < -0.4 is 20.1 Å². The van der Waals surface area contributed by atoms with Crippen molar-refractivity contribution in [2.75, 3.05) is 24.5 Å². The number of carbonyl (C=O) groups is 3. The van der Waals surface area contributed by atoms with Crippen molar-refractivity contribution in [2.24, 2.45) is 11.8 Å². The molecule has 4 rings (SSSR count). The summed E-state index contributed by atoms with van der Waals surface area (Å²) in [6.07, 6.45) is 0.471. The highest BCUT2D eigenvalue weighted by atomic mass is 16.7. The van der Waals surface area contributed by atoms with Gasteiger partial charge in [0.15, 0.2) is 11.5 Å². The maximum Gasteiger partial charge on any atom is 0.337 e. The minimum atomic E-state index is -0.483. The molecule has 2 atom stereocenters. The molecule has 1 fully saturated rings. The Bertz CT molecular complexity index is 957. The molecule has 1 aliphatic heterocycles. The molecule has 28 heavy (non-hydrogen) atoms. The van der Waals surface area contributed by atoms with Gasteiger partial charge >= 0.3 is 5.97 Å². The van der Waals surface area contributed by atoms with E-state index >= 15 is 0 Å². The Morgan fingerprint density at radius 1 is 0.929 bits per heavy atom. The Morgan fingerprint density at radius 3 is 2.32 bits per heavy atom. The molecule has 1 heterocycles. The molecule has 2 amide bonds. The number of rotatable bonds is 5.